The number of hydrogen-bond donors (Lipinski definition) is 0. The Morgan fingerprint density at radius 1 is 1.20 bits per heavy atom. The van der Waals surface area contributed by atoms with E-state index < -0.39 is 0 Å². The molecule has 1 aliphatic heterocycles. The molecule has 20 heavy (non-hydrogen) atoms. The second-order valence-corrected chi connectivity index (χ2v) is 6.55. The highest BCUT2D eigenvalue weighted by Crippen LogP contribution is 2.32. The third-order valence-electron chi connectivity index (χ3n) is 4.15. The average molecular weight is 284 g/mol. The zero-order valence-electron chi connectivity index (χ0n) is 11.2. The van der Waals surface area contributed by atoms with E-state index in [4.69, 9.17) is 10.2 Å². The second-order valence-electron chi connectivity index (χ2n) is 5.54. The van der Waals surface area contributed by atoms with Gasteiger partial charge in [0.1, 0.15) is 0 Å². The van der Waals surface area contributed by atoms with Crippen LogP contribution in [0.2, 0.25) is 0 Å². The highest BCUT2D eigenvalue weighted by atomic mass is 32.1. The Hall–Kier alpha value is -1.64. The molecule has 102 valence electrons. The van der Waals surface area contributed by atoms with Gasteiger partial charge in [0.15, 0.2) is 5.13 Å². The van der Waals surface area contributed by atoms with Crippen LogP contribution in [0.1, 0.15) is 18.4 Å². The standard InChI is InChI=1S/C15H16N4S/c16-10-11-1-4-14-13(9-11)17-15(20-14)19-7-5-18(6-8-19)12-2-3-12/h1,4,9,12H,2-3,5-8H2. The molecular weight excluding hydrogens is 268 g/mol. The van der Waals surface area contributed by atoms with E-state index in [9.17, 15) is 0 Å². The monoisotopic (exact) mass is 284 g/mol. The summed E-state index contributed by atoms with van der Waals surface area (Å²) in [7, 11) is 0. The number of fused-ring (bicyclic) bond motifs is 1. The number of nitrogens with zero attached hydrogens (tertiary/aromatic N) is 4. The van der Waals surface area contributed by atoms with Crippen molar-refractivity contribution >= 4 is 26.7 Å². The van der Waals surface area contributed by atoms with E-state index in [0.29, 0.717) is 5.56 Å². The van der Waals surface area contributed by atoms with Crippen LogP contribution in [0.3, 0.4) is 0 Å². The molecule has 2 aliphatic rings. The number of piperazine rings is 1. The molecule has 0 unspecified atom stereocenters. The maximum absolute atomic E-state index is 8.95. The lowest BCUT2D eigenvalue weighted by Crippen LogP contribution is -2.47. The Bertz CT molecular complexity index is 675. The Morgan fingerprint density at radius 2 is 2.00 bits per heavy atom. The lowest BCUT2D eigenvalue weighted by atomic mass is 10.2. The minimum atomic E-state index is 0.688. The van der Waals surface area contributed by atoms with Crippen molar-refractivity contribution in [2.45, 2.75) is 18.9 Å². The summed E-state index contributed by atoms with van der Waals surface area (Å²) in [6.45, 7) is 4.46. The summed E-state index contributed by atoms with van der Waals surface area (Å²) in [6.07, 6.45) is 2.77. The van der Waals surface area contributed by atoms with E-state index in [1.807, 2.05) is 18.2 Å². The Kier molecular flexibility index (Phi) is 2.86. The van der Waals surface area contributed by atoms with E-state index >= 15 is 0 Å². The molecule has 0 radical (unpaired) electrons. The molecule has 1 saturated carbocycles. The number of thiazole rings is 1. The summed E-state index contributed by atoms with van der Waals surface area (Å²) >= 11 is 1.74. The van der Waals surface area contributed by atoms with Gasteiger partial charge in [-0.05, 0) is 31.0 Å². The van der Waals surface area contributed by atoms with Crippen molar-refractivity contribution in [2.24, 2.45) is 0 Å². The molecule has 0 N–H and O–H groups in total. The summed E-state index contributed by atoms with van der Waals surface area (Å²) in [4.78, 5) is 9.70. The van der Waals surface area contributed by atoms with Gasteiger partial charge in [0, 0.05) is 32.2 Å². The molecule has 0 atom stereocenters. The van der Waals surface area contributed by atoms with Gasteiger partial charge in [-0.25, -0.2) is 4.98 Å². The van der Waals surface area contributed by atoms with E-state index in [1.165, 1.54) is 17.5 Å². The minimum Gasteiger partial charge on any atom is -0.345 e. The molecule has 2 aromatic rings. The molecule has 4 rings (SSSR count). The van der Waals surface area contributed by atoms with Crippen molar-refractivity contribution in [1.82, 2.24) is 9.88 Å². The smallest absolute Gasteiger partial charge is 0.186 e. The van der Waals surface area contributed by atoms with Crippen LogP contribution in [-0.2, 0) is 0 Å². The molecule has 5 heteroatoms. The van der Waals surface area contributed by atoms with Crippen LogP contribution in [0.25, 0.3) is 10.2 Å². The van der Waals surface area contributed by atoms with Crippen LogP contribution in [-0.4, -0.2) is 42.1 Å². The fraction of sp³-hybridized carbons (Fsp3) is 0.467. The van der Waals surface area contributed by atoms with Crippen LogP contribution in [0, 0.1) is 11.3 Å². The molecule has 1 aliphatic carbocycles. The molecule has 1 aromatic carbocycles. The highest BCUT2D eigenvalue weighted by Gasteiger charge is 2.31. The summed E-state index contributed by atoms with van der Waals surface area (Å²) in [5, 5.41) is 10.1. The number of hydrogen-bond acceptors (Lipinski definition) is 5. The van der Waals surface area contributed by atoms with Crippen molar-refractivity contribution in [3.63, 3.8) is 0 Å². The van der Waals surface area contributed by atoms with Gasteiger partial charge < -0.3 is 4.90 Å². The summed E-state index contributed by atoms with van der Waals surface area (Å²) < 4.78 is 1.17. The van der Waals surface area contributed by atoms with Gasteiger partial charge >= 0.3 is 0 Å². The molecule has 0 bridgehead atoms. The number of benzene rings is 1. The third kappa shape index (κ3) is 2.15. The molecule has 0 spiro atoms. The fourth-order valence-electron chi connectivity index (χ4n) is 2.84. The number of rotatable bonds is 2. The van der Waals surface area contributed by atoms with Crippen LogP contribution in [0.5, 0.6) is 0 Å². The SMILES string of the molecule is N#Cc1ccc2sc(N3CCN(C4CC4)CC3)nc2c1. The van der Waals surface area contributed by atoms with E-state index in [1.54, 1.807) is 11.3 Å². The molecule has 2 fully saturated rings. The Morgan fingerprint density at radius 3 is 2.70 bits per heavy atom. The normalized spacial score (nSPS) is 20.2. The van der Waals surface area contributed by atoms with Gasteiger partial charge in [0.25, 0.3) is 0 Å². The maximum atomic E-state index is 8.95. The molecule has 1 saturated heterocycles. The van der Waals surface area contributed by atoms with Crippen LogP contribution in [0.15, 0.2) is 18.2 Å². The first-order chi connectivity index (χ1) is 9.83. The van der Waals surface area contributed by atoms with E-state index in [0.717, 1.165) is 42.9 Å². The van der Waals surface area contributed by atoms with Crippen molar-refractivity contribution < 1.29 is 0 Å². The maximum Gasteiger partial charge on any atom is 0.186 e. The van der Waals surface area contributed by atoms with Gasteiger partial charge in [-0.15, -0.1) is 0 Å². The van der Waals surface area contributed by atoms with E-state index in [-0.39, 0.29) is 0 Å². The summed E-state index contributed by atoms with van der Waals surface area (Å²) in [6, 6.07) is 8.81. The zero-order chi connectivity index (χ0) is 13.5. The first kappa shape index (κ1) is 12.1. The first-order valence-electron chi connectivity index (χ1n) is 7.13. The molecule has 4 nitrogen and oxygen atoms in total. The van der Waals surface area contributed by atoms with Crippen LogP contribution >= 0.6 is 11.3 Å². The van der Waals surface area contributed by atoms with Gasteiger partial charge in [-0.2, -0.15) is 5.26 Å². The zero-order valence-corrected chi connectivity index (χ0v) is 12.1. The second kappa shape index (κ2) is 4.72. The average Bonchev–Trinajstić information content (AvgIpc) is 3.26. The largest absolute Gasteiger partial charge is 0.345 e. The van der Waals surface area contributed by atoms with Crippen molar-refractivity contribution in [1.29, 1.82) is 5.26 Å². The van der Waals surface area contributed by atoms with Crippen LogP contribution < -0.4 is 4.90 Å². The van der Waals surface area contributed by atoms with Gasteiger partial charge in [0.2, 0.25) is 0 Å². The molecule has 1 aromatic heterocycles. The van der Waals surface area contributed by atoms with E-state index in [2.05, 4.69) is 15.9 Å². The topological polar surface area (TPSA) is 43.2 Å². The lowest BCUT2D eigenvalue weighted by Gasteiger charge is -2.34. The number of aromatic nitrogens is 1. The van der Waals surface area contributed by atoms with Gasteiger partial charge in [-0.1, -0.05) is 11.3 Å². The van der Waals surface area contributed by atoms with Crippen molar-refractivity contribution in [2.75, 3.05) is 31.1 Å². The van der Waals surface area contributed by atoms with Gasteiger partial charge in [0.05, 0.1) is 21.8 Å². The fourth-order valence-corrected chi connectivity index (χ4v) is 3.84. The first-order valence-corrected chi connectivity index (χ1v) is 7.95. The molecular formula is C15H16N4S. The molecule has 2 heterocycles. The minimum absolute atomic E-state index is 0.688. The predicted molar refractivity (Wildman–Crippen MR) is 81.1 cm³/mol. The summed E-state index contributed by atoms with van der Waals surface area (Å²) in [5.41, 5.74) is 1.64. The third-order valence-corrected chi connectivity index (χ3v) is 5.25. The van der Waals surface area contributed by atoms with Crippen molar-refractivity contribution in [3.05, 3.63) is 23.8 Å². The number of nitriles is 1. The van der Waals surface area contributed by atoms with Crippen molar-refractivity contribution in [3.8, 4) is 6.07 Å². The number of anilines is 1. The van der Waals surface area contributed by atoms with Gasteiger partial charge in [-0.3, -0.25) is 4.90 Å². The predicted octanol–water partition coefficient (Wildman–Crippen LogP) is 2.45. The Labute approximate surface area is 122 Å². The lowest BCUT2D eigenvalue weighted by molar-refractivity contribution is 0.248. The molecule has 0 amide bonds. The van der Waals surface area contributed by atoms with Crippen LogP contribution in [0.4, 0.5) is 5.13 Å². The summed E-state index contributed by atoms with van der Waals surface area (Å²) in [5.74, 6) is 0. The quantitative estimate of drug-likeness (QED) is 0.849. The Balaban J connectivity index is 1.55. The highest BCUT2D eigenvalue weighted by molar-refractivity contribution is 7.22.